The number of nitrogens with two attached hydrogens (primary N) is 1. The summed E-state index contributed by atoms with van der Waals surface area (Å²) in [5.41, 5.74) is 7.79. The van der Waals surface area contributed by atoms with Crippen molar-refractivity contribution >= 4 is 23.3 Å². The van der Waals surface area contributed by atoms with Crippen molar-refractivity contribution in [1.29, 1.82) is 0 Å². The van der Waals surface area contributed by atoms with Crippen molar-refractivity contribution < 1.29 is 0 Å². The Morgan fingerprint density at radius 2 is 2.19 bits per heavy atom. The molecule has 0 bridgehead atoms. The van der Waals surface area contributed by atoms with Crippen molar-refractivity contribution in [2.75, 3.05) is 0 Å². The van der Waals surface area contributed by atoms with Gasteiger partial charge >= 0.3 is 0 Å². The van der Waals surface area contributed by atoms with Gasteiger partial charge in [0.2, 0.25) is 0 Å². The average molecular weight is 255 g/mol. The van der Waals surface area contributed by atoms with E-state index in [-0.39, 0.29) is 0 Å². The number of aromatic nitrogens is 4. The van der Waals surface area contributed by atoms with Gasteiger partial charge in [-0.1, -0.05) is 0 Å². The molecule has 0 saturated carbocycles. The molecule has 0 aromatic carbocycles. The molecule has 2 aromatic rings. The molecule has 2 rings (SSSR count). The average Bonchev–Trinajstić information content (AvgIpc) is 2.73. The second-order valence-electron chi connectivity index (χ2n) is 3.41. The lowest BCUT2D eigenvalue weighted by molar-refractivity contribution is 0.688. The van der Waals surface area contributed by atoms with Crippen LogP contribution in [0.3, 0.4) is 0 Å². The number of rotatable bonds is 3. The molecule has 0 amide bonds. The molecule has 0 saturated heterocycles. The highest BCUT2D eigenvalue weighted by Crippen LogP contribution is 2.32. The van der Waals surface area contributed by atoms with Gasteiger partial charge in [0.15, 0.2) is 4.34 Å². The second kappa shape index (κ2) is 4.52. The summed E-state index contributed by atoms with van der Waals surface area (Å²) in [7, 11) is 1.92. The fraction of sp³-hybridized carbons (Fsp3) is 0.444. The monoisotopic (exact) mass is 255 g/mol. The lowest BCUT2D eigenvalue weighted by Crippen LogP contribution is -1.99. The van der Waals surface area contributed by atoms with Crippen LogP contribution in [-0.4, -0.2) is 19.1 Å². The maximum atomic E-state index is 5.72. The first-order valence-electron chi connectivity index (χ1n) is 4.82. The first-order chi connectivity index (χ1) is 7.61. The van der Waals surface area contributed by atoms with E-state index in [0.717, 1.165) is 26.4 Å². The lowest BCUT2D eigenvalue weighted by Gasteiger charge is -2.01. The predicted octanol–water partition coefficient (Wildman–Crippen LogP) is 1.50. The van der Waals surface area contributed by atoms with Crippen LogP contribution in [0.2, 0.25) is 0 Å². The molecule has 0 radical (unpaired) electrons. The van der Waals surface area contributed by atoms with Crippen LogP contribution in [0, 0.1) is 13.8 Å². The third kappa shape index (κ3) is 2.11. The summed E-state index contributed by atoms with van der Waals surface area (Å²) in [4.78, 5) is 4.32. The van der Waals surface area contributed by atoms with Crippen molar-refractivity contribution in [1.82, 2.24) is 19.1 Å². The minimum Gasteiger partial charge on any atom is -0.326 e. The number of hydrogen-bond acceptors (Lipinski definition) is 6. The Labute approximate surface area is 102 Å². The topological polar surface area (TPSA) is 69.6 Å². The van der Waals surface area contributed by atoms with Gasteiger partial charge in [0.1, 0.15) is 10.9 Å². The van der Waals surface area contributed by atoms with E-state index in [1.165, 1.54) is 11.5 Å². The Morgan fingerprint density at radius 3 is 2.75 bits per heavy atom. The van der Waals surface area contributed by atoms with Gasteiger partial charge in [0.25, 0.3) is 0 Å². The maximum Gasteiger partial charge on any atom is 0.176 e. The van der Waals surface area contributed by atoms with Crippen molar-refractivity contribution in [2.45, 2.75) is 29.8 Å². The molecular weight excluding hydrogens is 242 g/mol. The largest absolute Gasteiger partial charge is 0.326 e. The van der Waals surface area contributed by atoms with Crippen LogP contribution >= 0.6 is 23.3 Å². The summed E-state index contributed by atoms with van der Waals surface area (Å²) in [6, 6.07) is 0. The number of aryl methyl sites for hydroxylation is 3. The van der Waals surface area contributed by atoms with Crippen LogP contribution in [0.5, 0.6) is 0 Å². The molecule has 16 heavy (non-hydrogen) atoms. The fourth-order valence-electron chi connectivity index (χ4n) is 1.45. The normalized spacial score (nSPS) is 11.0. The van der Waals surface area contributed by atoms with Crippen LogP contribution < -0.4 is 5.73 Å². The lowest BCUT2D eigenvalue weighted by atomic mass is 10.3. The summed E-state index contributed by atoms with van der Waals surface area (Å²) >= 11 is 2.97. The number of hydrogen-bond donors (Lipinski definition) is 1. The van der Waals surface area contributed by atoms with Crippen molar-refractivity contribution in [2.24, 2.45) is 12.8 Å². The molecule has 2 heterocycles. The zero-order chi connectivity index (χ0) is 11.7. The van der Waals surface area contributed by atoms with Crippen LogP contribution in [-0.2, 0) is 13.6 Å². The van der Waals surface area contributed by atoms with Gasteiger partial charge < -0.3 is 5.73 Å². The molecule has 2 aromatic heterocycles. The summed E-state index contributed by atoms with van der Waals surface area (Å²) in [5, 5.41) is 5.41. The van der Waals surface area contributed by atoms with Gasteiger partial charge in [0.05, 0.1) is 5.69 Å². The highest BCUT2D eigenvalue weighted by Gasteiger charge is 2.14. The molecule has 0 aliphatic rings. The first kappa shape index (κ1) is 11.6. The van der Waals surface area contributed by atoms with Crippen LogP contribution in [0.1, 0.15) is 17.1 Å². The molecule has 86 valence electrons. The van der Waals surface area contributed by atoms with Crippen LogP contribution in [0.15, 0.2) is 9.37 Å². The van der Waals surface area contributed by atoms with E-state index in [4.69, 9.17) is 5.73 Å². The van der Waals surface area contributed by atoms with E-state index in [1.807, 2.05) is 25.6 Å². The third-order valence-corrected chi connectivity index (χ3v) is 4.23. The van der Waals surface area contributed by atoms with E-state index < -0.39 is 0 Å². The van der Waals surface area contributed by atoms with Crippen molar-refractivity contribution in [3.63, 3.8) is 0 Å². The molecule has 5 nitrogen and oxygen atoms in total. The van der Waals surface area contributed by atoms with Gasteiger partial charge in [0, 0.05) is 19.2 Å². The standard InChI is InChI=1S/C9H13N5S2/c1-5-7(4-10)8(14(3)12-5)15-9-11-6(2)13-16-9/h4,10H2,1-3H3. The van der Waals surface area contributed by atoms with E-state index in [9.17, 15) is 0 Å². The Hall–Kier alpha value is -0.920. The minimum atomic E-state index is 0.500. The third-order valence-electron chi connectivity index (χ3n) is 2.19. The van der Waals surface area contributed by atoms with Gasteiger partial charge in [-0.25, -0.2) is 4.98 Å². The molecule has 0 spiro atoms. The quantitative estimate of drug-likeness (QED) is 0.900. The highest BCUT2D eigenvalue weighted by molar-refractivity contribution is 8.00. The zero-order valence-corrected chi connectivity index (χ0v) is 11.0. The molecule has 0 fully saturated rings. The Bertz CT molecular complexity index is 502. The van der Waals surface area contributed by atoms with Crippen LogP contribution in [0.4, 0.5) is 0 Å². The molecule has 2 N–H and O–H groups in total. The minimum absolute atomic E-state index is 0.500. The molecule has 0 unspecified atom stereocenters. The SMILES string of the molecule is Cc1nsc(Sc2c(CN)c(C)nn2C)n1. The summed E-state index contributed by atoms with van der Waals surface area (Å²) < 4.78 is 6.93. The smallest absolute Gasteiger partial charge is 0.176 e. The Kier molecular flexibility index (Phi) is 3.27. The van der Waals surface area contributed by atoms with Gasteiger partial charge in [-0.05, 0) is 37.1 Å². The summed E-state index contributed by atoms with van der Waals surface area (Å²) in [6.45, 7) is 4.36. The molecule has 0 aliphatic carbocycles. The fourth-order valence-corrected chi connectivity index (χ4v) is 3.24. The van der Waals surface area contributed by atoms with Crippen molar-refractivity contribution in [3.8, 4) is 0 Å². The molecular formula is C9H13N5S2. The zero-order valence-electron chi connectivity index (χ0n) is 9.39. The highest BCUT2D eigenvalue weighted by atomic mass is 32.2. The van der Waals surface area contributed by atoms with Crippen LogP contribution in [0.25, 0.3) is 0 Å². The van der Waals surface area contributed by atoms with E-state index >= 15 is 0 Å². The first-order valence-corrected chi connectivity index (χ1v) is 6.41. The van der Waals surface area contributed by atoms with E-state index in [2.05, 4.69) is 14.5 Å². The summed E-state index contributed by atoms with van der Waals surface area (Å²) in [5.74, 6) is 0.806. The van der Waals surface area contributed by atoms with Gasteiger partial charge in [-0.2, -0.15) is 9.47 Å². The van der Waals surface area contributed by atoms with Gasteiger partial charge in [-0.3, -0.25) is 4.68 Å². The van der Waals surface area contributed by atoms with Gasteiger partial charge in [-0.15, -0.1) is 0 Å². The maximum absolute atomic E-state index is 5.72. The molecule has 0 aliphatic heterocycles. The number of nitrogens with zero attached hydrogens (tertiary/aromatic N) is 4. The Balaban J connectivity index is 2.33. The van der Waals surface area contributed by atoms with E-state index in [0.29, 0.717) is 6.54 Å². The predicted molar refractivity (Wildman–Crippen MR) is 64.6 cm³/mol. The molecule has 7 heteroatoms. The van der Waals surface area contributed by atoms with E-state index in [1.54, 1.807) is 11.8 Å². The Morgan fingerprint density at radius 1 is 1.44 bits per heavy atom. The summed E-state index contributed by atoms with van der Waals surface area (Å²) in [6.07, 6.45) is 0. The van der Waals surface area contributed by atoms with Crippen molar-refractivity contribution in [3.05, 3.63) is 17.1 Å². The second-order valence-corrected chi connectivity index (χ2v) is 5.39. The molecule has 0 atom stereocenters.